The van der Waals surface area contributed by atoms with Crippen LogP contribution in [0.25, 0.3) is 0 Å². The zero-order valence-electron chi connectivity index (χ0n) is 16.0. The minimum Gasteiger partial charge on any atom is -0.486 e. The van der Waals surface area contributed by atoms with Gasteiger partial charge in [-0.2, -0.15) is 9.78 Å². The summed E-state index contributed by atoms with van der Waals surface area (Å²) in [6.45, 7) is 3.45. The molecule has 0 bridgehead atoms. The van der Waals surface area contributed by atoms with Crippen LogP contribution in [0.3, 0.4) is 0 Å². The topological polar surface area (TPSA) is 129 Å². The lowest BCUT2D eigenvalue weighted by Gasteiger charge is -2.05. The van der Waals surface area contributed by atoms with E-state index >= 15 is 0 Å². The Hall–Kier alpha value is -3.88. The van der Waals surface area contributed by atoms with Gasteiger partial charge in [-0.25, -0.2) is 4.79 Å². The summed E-state index contributed by atoms with van der Waals surface area (Å²) in [6.07, 6.45) is 1.87. The quantitative estimate of drug-likeness (QED) is 0.591. The number of Topliss-reactive ketones (excluding diaryl/α,β-unsaturated/α-hetero) is 1. The Balaban J connectivity index is 1.62. The first-order valence-corrected chi connectivity index (χ1v) is 8.89. The maximum atomic E-state index is 12.4. The zero-order valence-corrected chi connectivity index (χ0v) is 16.0. The van der Waals surface area contributed by atoms with E-state index < -0.39 is 11.9 Å². The van der Waals surface area contributed by atoms with Gasteiger partial charge in [0.25, 0.3) is 5.91 Å². The van der Waals surface area contributed by atoms with Gasteiger partial charge < -0.3 is 20.2 Å². The molecule has 0 radical (unpaired) electrons. The molecule has 1 aromatic carbocycles. The molecule has 0 saturated heterocycles. The number of primary amides is 1. The molecule has 29 heavy (non-hydrogen) atoms. The lowest BCUT2D eigenvalue weighted by molar-refractivity contribution is 0.0990. The Morgan fingerprint density at radius 3 is 2.52 bits per heavy atom. The van der Waals surface area contributed by atoms with E-state index in [1.807, 2.05) is 6.92 Å². The van der Waals surface area contributed by atoms with Crippen molar-refractivity contribution in [2.45, 2.75) is 26.9 Å². The monoisotopic (exact) mass is 396 g/mol. The van der Waals surface area contributed by atoms with Gasteiger partial charge in [0.05, 0.1) is 17.6 Å². The number of nitrogens with one attached hydrogen (secondary N) is 1. The summed E-state index contributed by atoms with van der Waals surface area (Å²) in [4.78, 5) is 34.9. The fraction of sp³-hybridized carbons (Fsp3) is 0.200. The minimum absolute atomic E-state index is 0.0224. The Kier molecular flexibility index (Phi) is 5.77. The van der Waals surface area contributed by atoms with Crippen molar-refractivity contribution in [3.63, 3.8) is 0 Å². The second kappa shape index (κ2) is 8.42. The fourth-order valence-corrected chi connectivity index (χ4v) is 2.59. The van der Waals surface area contributed by atoms with Crippen molar-refractivity contribution in [2.24, 2.45) is 5.73 Å². The van der Waals surface area contributed by atoms with Gasteiger partial charge in [0.2, 0.25) is 0 Å². The standard InChI is InChI=1S/C20H20N4O5/c1-3-16-17(10-24(23-16)20(21)27)22-19(26)18-9-8-15(29-18)11-28-14-6-4-13(5-7-14)12(2)25/h4-10H,3,11H2,1-2H3,(H2,21,27)(H,22,26). The van der Waals surface area contributed by atoms with E-state index in [-0.39, 0.29) is 18.2 Å². The molecule has 3 rings (SSSR count). The second-order valence-electron chi connectivity index (χ2n) is 6.22. The molecule has 0 fully saturated rings. The number of aryl methyl sites for hydroxylation is 1. The molecule has 0 aliphatic rings. The van der Waals surface area contributed by atoms with E-state index in [2.05, 4.69) is 10.4 Å². The summed E-state index contributed by atoms with van der Waals surface area (Å²) >= 11 is 0. The van der Waals surface area contributed by atoms with Crippen LogP contribution in [0.15, 0.2) is 47.0 Å². The van der Waals surface area contributed by atoms with Crippen molar-refractivity contribution in [3.05, 3.63) is 65.4 Å². The lowest BCUT2D eigenvalue weighted by Crippen LogP contribution is -2.20. The highest BCUT2D eigenvalue weighted by Crippen LogP contribution is 2.18. The summed E-state index contributed by atoms with van der Waals surface area (Å²) in [7, 11) is 0. The van der Waals surface area contributed by atoms with Crippen LogP contribution in [-0.4, -0.2) is 27.5 Å². The summed E-state index contributed by atoms with van der Waals surface area (Å²) in [5.41, 5.74) is 6.71. The summed E-state index contributed by atoms with van der Waals surface area (Å²) < 4.78 is 12.1. The molecule has 2 heterocycles. The summed E-state index contributed by atoms with van der Waals surface area (Å²) in [5.74, 6) is 0.606. The third-order valence-corrected chi connectivity index (χ3v) is 4.13. The van der Waals surface area contributed by atoms with E-state index in [0.29, 0.717) is 34.9 Å². The average molecular weight is 396 g/mol. The molecular formula is C20H20N4O5. The summed E-state index contributed by atoms with van der Waals surface area (Å²) in [5, 5.41) is 6.68. The van der Waals surface area contributed by atoms with Crippen LogP contribution in [-0.2, 0) is 13.0 Å². The van der Waals surface area contributed by atoms with Gasteiger partial charge in [-0.15, -0.1) is 0 Å². The molecule has 0 saturated carbocycles. The van der Waals surface area contributed by atoms with Crippen LogP contribution in [0.4, 0.5) is 10.5 Å². The number of carbonyl (C=O) groups excluding carboxylic acids is 3. The van der Waals surface area contributed by atoms with Gasteiger partial charge in [0, 0.05) is 5.56 Å². The number of ketones is 1. The van der Waals surface area contributed by atoms with Crippen LogP contribution < -0.4 is 15.8 Å². The number of amides is 2. The Morgan fingerprint density at radius 1 is 1.17 bits per heavy atom. The highest BCUT2D eigenvalue weighted by molar-refractivity contribution is 6.02. The van der Waals surface area contributed by atoms with Crippen LogP contribution in [0.1, 0.15) is 46.2 Å². The van der Waals surface area contributed by atoms with Gasteiger partial charge in [-0.3, -0.25) is 9.59 Å². The van der Waals surface area contributed by atoms with Crippen molar-refractivity contribution in [1.82, 2.24) is 9.78 Å². The van der Waals surface area contributed by atoms with Gasteiger partial charge in [0.15, 0.2) is 11.5 Å². The normalized spacial score (nSPS) is 10.6. The molecule has 150 valence electrons. The van der Waals surface area contributed by atoms with Crippen molar-refractivity contribution >= 4 is 23.4 Å². The third kappa shape index (κ3) is 4.70. The number of hydrogen-bond acceptors (Lipinski definition) is 6. The number of benzene rings is 1. The number of aromatic nitrogens is 2. The molecule has 3 N–H and O–H groups in total. The minimum atomic E-state index is -0.742. The number of nitrogens with two attached hydrogens (primary N) is 1. The summed E-state index contributed by atoms with van der Waals surface area (Å²) in [6, 6.07) is 9.15. The molecular weight excluding hydrogens is 376 g/mol. The number of hydrogen-bond donors (Lipinski definition) is 2. The Bertz CT molecular complexity index is 1050. The molecule has 9 heteroatoms. The van der Waals surface area contributed by atoms with Crippen LogP contribution in [0, 0.1) is 0 Å². The molecule has 0 unspecified atom stereocenters. The number of anilines is 1. The van der Waals surface area contributed by atoms with E-state index in [4.69, 9.17) is 14.9 Å². The number of rotatable bonds is 7. The average Bonchev–Trinajstić information content (AvgIpc) is 3.33. The van der Waals surface area contributed by atoms with Crippen molar-refractivity contribution in [1.29, 1.82) is 0 Å². The predicted molar refractivity (Wildman–Crippen MR) is 104 cm³/mol. The number of ether oxygens (including phenoxy) is 1. The molecule has 9 nitrogen and oxygen atoms in total. The van der Waals surface area contributed by atoms with Crippen molar-refractivity contribution < 1.29 is 23.5 Å². The first kappa shape index (κ1) is 19.9. The van der Waals surface area contributed by atoms with E-state index in [9.17, 15) is 14.4 Å². The first-order valence-electron chi connectivity index (χ1n) is 8.89. The van der Waals surface area contributed by atoms with Crippen LogP contribution in [0.2, 0.25) is 0 Å². The maximum Gasteiger partial charge on any atom is 0.339 e. The van der Waals surface area contributed by atoms with E-state index in [1.165, 1.54) is 19.2 Å². The van der Waals surface area contributed by atoms with E-state index in [1.54, 1.807) is 30.3 Å². The smallest absolute Gasteiger partial charge is 0.339 e. The highest BCUT2D eigenvalue weighted by Gasteiger charge is 2.17. The zero-order chi connectivity index (χ0) is 21.0. The van der Waals surface area contributed by atoms with Crippen molar-refractivity contribution in [2.75, 3.05) is 5.32 Å². The Labute approximate surface area is 166 Å². The first-order chi connectivity index (χ1) is 13.9. The van der Waals surface area contributed by atoms with E-state index in [0.717, 1.165) is 4.68 Å². The molecule has 0 spiro atoms. The lowest BCUT2D eigenvalue weighted by atomic mass is 10.1. The number of nitrogens with zero attached hydrogens (tertiary/aromatic N) is 2. The maximum absolute atomic E-state index is 12.4. The molecule has 3 aromatic rings. The van der Waals surface area contributed by atoms with Gasteiger partial charge >= 0.3 is 6.03 Å². The molecule has 0 aliphatic heterocycles. The predicted octanol–water partition coefficient (Wildman–Crippen LogP) is 3.00. The molecule has 0 atom stereocenters. The molecule has 2 aromatic heterocycles. The van der Waals surface area contributed by atoms with Gasteiger partial charge in [0.1, 0.15) is 18.1 Å². The highest BCUT2D eigenvalue weighted by atomic mass is 16.5. The fourth-order valence-electron chi connectivity index (χ4n) is 2.59. The molecule has 0 aliphatic carbocycles. The number of carbonyl (C=O) groups is 3. The van der Waals surface area contributed by atoms with Gasteiger partial charge in [-0.1, -0.05) is 6.92 Å². The SMILES string of the molecule is CCc1nn(C(N)=O)cc1NC(=O)c1ccc(COc2ccc(C(C)=O)cc2)o1. The number of furan rings is 1. The van der Waals surface area contributed by atoms with Crippen LogP contribution >= 0.6 is 0 Å². The third-order valence-electron chi connectivity index (χ3n) is 4.13. The van der Waals surface area contributed by atoms with Crippen molar-refractivity contribution in [3.8, 4) is 5.75 Å². The second-order valence-corrected chi connectivity index (χ2v) is 6.22. The molecule has 2 amide bonds. The largest absolute Gasteiger partial charge is 0.486 e. The van der Waals surface area contributed by atoms with Gasteiger partial charge in [-0.05, 0) is 49.7 Å². The van der Waals surface area contributed by atoms with Crippen LogP contribution in [0.5, 0.6) is 5.75 Å². The Morgan fingerprint density at radius 2 is 1.90 bits per heavy atom.